The molecule has 0 aliphatic carbocycles. The fraction of sp³-hybridized carbons (Fsp3) is 0.455. The lowest BCUT2D eigenvalue weighted by molar-refractivity contribution is -0.122. The minimum atomic E-state index is -0.667. The molecule has 1 atom stereocenters. The molecule has 0 saturated carbocycles. The van der Waals surface area contributed by atoms with Gasteiger partial charge in [-0.05, 0) is 27.1 Å². The van der Waals surface area contributed by atoms with Gasteiger partial charge in [0.2, 0.25) is 5.91 Å². The molecular formula is C11H16ClN3O3S. The van der Waals surface area contributed by atoms with Crippen molar-refractivity contribution in [2.45, 2.75) is 13.0 Å². The third-order valence-corrected chi connectivity index (χ3v) is 3.86. The fourth-order valence-electron chi connectivity index (χ4n) is 1.46. The smallest absolute Gasteiger partial charge is 0.277 e. The van der Waals surface area contributed by atoms with E-state index in [2.05, 4.69) is 5.32 Å². The number of thiophene rings is 1. The summed E-state index contributed by atoms with van der Waals surface area (Å²) in [6.07, 6.45) is 0. The van der Waals surface area contributed by atoms with Crippen LogP contribution >= 0.6 is 22.9 Å². The van der Waals surface area contributed by atoms with Crippen LogP contribution in [0.25, 0.3) is 0 Å². The Kier molecular flexibility index (Phi) is 5.74. The van der Waals surface area contributed by atoms with Gasteiger partial charge >= 0.3 is 0 Å². The first-order chi connectivity index (χ1) is 8.85. The summed E-state index contributed by atoms with van der Waals surface area (Å²) in [6, 6.07) is 1.30. The Morgan fingerprint density at radius 3 is 2.68 bits per heavy atom. The minimum absolute atomic E-state index is 0.116. The number of nitrogens with one attached hydrogen (secondary N) is 2. The molecule has 2 amide bonds. The first kappa shape index (κ1) is 15.9. The van der Waals surface area contributed by atoms with E-state index in [0.29, 0.717) is 0 Å². The van der Waals surface area contributed by atoms with Gasteiger partial charge in [0.05, 0.1) is 18.2 Å². The number of carbonyl (C=O) groups excluding carboxylic acids is 2. The summed E-state index contributed by atoms with van der Waals surface area (Å²) in [5, 5.41) is 11.4. The number of nitrogens with zero attached hydrogens (tertiary/aromatic N) is 1. The van der Waals surface area contributed by atoms with Crippen molar-refractivity contribution in [1.82, 2.24) is 15.7 Å². The molecule has 0 spiro atoms. The number of likely N-dealkylation sites (N-methyl/N-ethyl adjacent to an activating group) is 1. The summed E-state index contributed by atoms with van der Waals surface area (Å²) in [7, 11) is 3.60. The van der Waals surface area contributed by atoms with Crippen molar-refractivity contribution >= 4 is 34.8 Å². The normalized spacial score (nSPS) is 12.3. The molecular weight excluding hydrogens is 290 g/mol. The van der Waals surface area contributed by atoms with Crippen LogP contribution in [-0.4, -0.2) is 42.6 Å². The molecule has 0 bridgehead atoms. The first-order valence-electron chi connectivity index (χ1n) is 5.53. The highest BCUT2D eigenvalue weighted by molar-refractivity contribution is 7.16. The molecule has 0 aliphatic heterocycles. The van der Waals surface area contributed by atoms with Gasteiger partial charge in [0.25, 0.3) is 5.91 Å². The molecule has 1 aromatic heterocycles. The second-order valence-corrected chi connectivity index (χ2v) is 5.99. The fourth-order valence-corrected chi connectivity index (χ4v) is 2.75. The second-order valence-electron chi connectivity index (χ2n) is 4.30. The zero-order valence-corrected chi connectivity index (χ0v) is 12.4. The van der Waals surface area contributed by atoms with E-state index in [1.54, 1.807) is 32.0 Å². The Morgan fingerprint density at radius 2 is 2.16 bits per heavy atom. The zero-order chi connectivity index (χ0) is 14.6. The van der Waals surface area contributed by atoms with Crippen molar-refractivity contribution in [2.24, 2.45) is 0 Å². The maximum Gasteiger partial charge on any atom is 0.277 e. The Hall–Kier alpha value is -1.15. The molecule has 0 aliphatic rings. The summed E-state index contributed by atoms with van der Waals surface area (Å²) >= 11 is 7.10. The van der Waals surface area contributed by atoms with Crippen molar-refractivity contribution in [1.29, 1.82) is 0 Å². The molecule has 106 valence electrons. The molecule has 0 aromatic carbocycles. The molecule has 8 heteroatoms. The average molecular weight is 306 g/mol. The van der Waals surface area contributed by atoms with Crippen LogP contribution in [0.5, 0.6) is 0 Å². The number of carbonyl (C=O) groups is 2. The van der Waals surface area contributed by atoms with Gasteiger partial charge in [-0.2, -0.15) is 0 Å². The summed E-state index contributed by atoms with van der Waals surface area (Å²) in [4.78, 5) is 25.4. The van der Waals surface area contributed by atoms with E-state index in [0.717, 1.165) is 4.88 Å². The SMILES string of the molecule is C[C@H](NC(=O)CN(C)C)c1cc(C(=O)NO)c(Cl)s1. The molecule has 0 unspecified atom stereocenters. The molecule has 0 saturated heterocycles. The average Bonchev–Trinajstić information content (AvgIpc) is 2.69. The molecule has 1 heterocycles. The molecule has 3 N–H and O–H groups in total. The minimum Gasteiger partial charge on any atom is -0.348 e. The highest BCUT2D eigenvalue weighted by Crippen LogP contribution is 2.31. The van der Waals surface area contributed by atoms with Crippen LogP contribution in [0.4, 0.5) is 0 Å². The van der Waals surface area contributed by atoms with Crippen LogP contribution in [0, 0.1) is 0 Å². The summed E-state index contributed by atoms with van der Waals surface area (Å²) in [5.74, 6) is -0.783. The number of halogens is 1. The van der Waals surface area contributed by atoms with E-state index < -0.39 is 5.91 Å². The maximum absolute atomic E-state index is 11.6. The quantitative estimate of drug-likeness (QED) is 0.565. The topological polar surface area (TPSA) is 81.7 Å². The van der Waals surface area contributed by atoms with Crippen LogP contribution in [0.2, 0.25) is 4.34 Å². The van der Waals surface area contributed by atoms with Crippen LogP contribution in [0.1, 0.15) is 28.2 Å². The van der Waals surface area contributed by atoms with E-state index >= 15 is 0 Å². The third kappa shape index (κ3) is 4.46. The monoisotopic (exact) mass is 305 g/mol. The second kappa shape index (κ2) is 6.85. The standard InChI is InChI=1S/C11H16ClN3O3S/c1-6(13-9(16)5-15(2)3)8-4-7(10(12)19-8)11(17)14-18/h4,6,18H,5H2,1-3H3,(H,13,16)(H,14,17)/t6-/m0/s1. The van der Waals surface area contributed by atoms with Crippen molar-refractivity contribution in [3.05, 3.63) is 20.8 Å². The number of amides is 2. The zero-order valence-electron chi connectivity index (χ0n) is 10.9. The molecule has 0 radical (unpaired) electrons. The number of hydrogen-bond donors (Lipinski definition) is 3. The third-order valence-electron chi connectivity index (χ3n) is 2.32. The van der Waals surface area contributed by atoms with Crippen LogP contribution < -0.4 is 10.8 Å². The molecule has 1 aromatic rings. The number of rotatable bonds is 5. The van der Waals surface area contributed by atoms with Crippen LogP contribution in [0.3, 0.4) is 0 Å². The lowest BCUT2D eigenvalue weighted by atomic mass is 10.2. The van der Waals surface area contributed by atoms with E-state index in [1.807, 2.05) is 0 Å². The highest BCUT2D eigenvalue weighted by atomic mass is 35.5. The van der Waals surface area contributed by atoms with Gasteiger partial charge in [-0.3, -0.25) is 14.8 Å². The van der Waals surface area contributed by atoms with E-state index in [4.69, 9.17) is 16.8 Å². The largest absolute Gasteiger partial charge is 0.348 e. The maximum atomic E-state index is 11.6. The molecule has 19 heavy (non-hydrogen) atoms. The van der Waals surface area contributed by atoms with Gasteiger partial charge in [0.15, 0.2) is 0 Å². The number of hydroxylamine groups is 1. The van der Waals surface area contributed by atoms with E-state index in [1.165, 1.54) is 16.8 Å². The Morgan fingerprint density at radius 1 is 1.53 bits per heavy atom. The predicted octanol–water partition coefficient (Wildman–Crippen LogP) is 1.26. The Labute approximate surface area is 120 Å². The number of hydrogen-bond acceptors (Lipinski definition) is 5. The van der Waals surface area contributed by atoms with Crippen molar-refractivity contribution in [2.75, 3.05) is 20.6 Å². The van der Waals surface area contributed by atoms with Crippen molar-refractivity contribution in [3.63, 3.8) is 0 Å². The van der Waals surface area contributed by atoms with Crippen molar-refractivity contribution < 1.29 is 14.8 Å². The first-order valence-corrected chi connectivity index (χ1v) is 6.72. The molecule has 1 rings (SSSR count). The van der Waals surface area contributed by atoms with Crippen LogP contribution in [-0.2, 0) is 4.79 Å². The van der Waals surface area contributed by atoms with Gasteiger partial charge in [-0.25, -0.2) is 5.48 Å². The van der Waals surface area contributed by atoms with Gasteiger partial charge in [0, 0.05) is 4.88 Å². The van der Waals surface area contributed by atoms with Gasteiger partial charge < -0.3 is 10.2 Å². The summed E-state index contributed by atoms with van der Waals surface area (Å²) in [6.45, 7) is 2.09. The molecule has 0 fully saturated rings. The van der Waals surface area contributed by atoms with Crippen LogP contribution in [0.15, 0.2) is 6.07 Å². The predicted molar refractivity (Wildman–Crippen MR) is 73.7 cm³/mol. The Balaban J connectivity index is 2.75. The summed E-state index contributed by atoms with van der Waals surface area (Å²) < 4.78 is 0.273. The van der Waals surface area contributed by atoms with E-state index in [-0.39, 0.29) is 28.4 Å². The lowest BCUT2D eigenvalue weighted by Gasteiger charge is -2.14. The van der Waals surface area contributed by atoms with Gasteiger partial charge in [-0.15, -0.1) is 11.3 Å². The van der Waals surface area contributed by atoms with Gasteiger partial charge in [-0.1, -0.05) is 11.6 Å². The highest BCUT2D eigenvalue weighted by Gasteiger charge is 2.18. The molecule has 6 nitrogen and oxygen atoms in total. The van der Waals surface area contributed by atoms with E-state index in [9.17, 15) is 9.59 Å². The van der Waals surface area contributed by atoms with Crippen molar-refractivity contribution in [3.8, 4) is 0 Å². The Bertz CT molecular complexity index is 476. The summed E-state index contributed by atoms with van der Waals surface area (Å²) in [5.41, 5.74) is 1.72. The lowest BCUT2D eigenvalue weighted by Crippen LogP contribution is -2.34. The van der Waals surface area contributed by atoms with Gasteiger partial charge in [0.1, 0.15) is 4.34 Å².